The van der Waals surface area contributed by atoms with Crippen LogP contribution in [0.2, 0.25) is 0 Å². The fourth-order valence-electron chi connectivity index (χ4n) is 3.15. The second-order valence-electron chi connectivity index (χ2n) is 6.48. The molecule has 0 bridgehead atoms. The van der Waals surface area contributed by atoms with Gasteiger partial charge in [-0.15, -0.1) is 0 Å². The third kappa shape index (κ3) is 4.24. The van der Waals surface area contributed by atoms with Crippen LogP contribution < -0.4 is 0 Å². The molecule has 1 atom stereocenters. The van der Waals surface area contributed by atoms with Gasteiger partial charge in [0.15, 0.2) is 0 Å². The van der Waals surface area contributed by atoms with Crippen molar-refractivity contribution in [2.75, 3.05) is 13.6 Å². The summed E-state index contributed by atoms with van der Waals surface area (Å²) >= 11 is 0. The van der Waals surface area contributed by atoms with E-state index in [2.05, 4.69) is 0 Å². The summed E-state index contributed by atoms with van der Waals surface area (Å²) in [4.78, 5) is 28.2. The van der Waals surface area contributed by atoms with Crippen LogP contribution in [-0.4, -0.2) is 35.2 Å². The van der Waals surface area contributed by atoms with Gasteiger partial charge in [-0.05, 0) is 23.3 Å². The van der Waals surface area contributed by atoms with Crippen LogP contribution in [0.3, 0.4) is 0 Å². The first kappa shape index (κ1) is 17.1. The molecule has 4 nitrogen and oxygen atoms in total. The number of hydrogen-bond donors (Lipinski definition) is 0. The Kier molecular flexibility index (Phi) is 5.12. The molecule has 5 heteroatoms. The summed E-state index contributed by atoms with van der Waals surface area (Å²) in [7, 11) is 1.77. The predicted molar refractivity (Wildman–Crippen MR) is 92.8 cm³/mol. The second-order valence-corrected chi connectivity index (χ2v) is 6.48. The van der Waals surface area contributed by atoms with Crippen molar-refractivity contribution in [2.45, 2.75) is 19.5 Å². The number of amides is 2. The van der Waals surface area contributed by atoms with E-state index in [9.17, 15) is 14.0 Å². The van der Waals surface area contributed by atoms with Crippen LogP contribution in [0.1, 0.15) is 17.5 Å². The molecule has 1 aliphatic rings. The van der Waals surface area contributed by atoms with Gasteiger partial charge in [-0.1, -0.05) is 42.5 Å². The zero-order chi connectivity index (χ0) is 17.8. The molecule has 2 amide bonds. The molecule has 1 aliphatic heterocycles. The minimum Gasteiger partial charge on any atom is -0.341 e. The lowest BCUT2D eigenvalue weighted by atomic mass is 10.1. The lowest BCUT2D eigenvalue weighted by Crippen LogP contribution is -2.34. The minimum absolute atomic E-state index is 0.0150. The highest BCUT2D eigenvalue weighted by atomic mass is 19.1. The maximum Gasteiger partial charge on any atom is 0.228 e. The van der Waals surface area contributed by atoms with Crippen LogP contribution in [0.25, 0.3) is 0 Å². The number of halogens is 1. The zero-order valence-corrected chi connectivity index (χ0v) is 14.2. The fourth-order valence-corrected chi connectivity index (χ4v) is 3.15. The van der Waals surface area contributed by atoms with Crippen LogP contribution in [0.5, 0.6) is 0 Å². The van der Waals surface area contributed by atoms with Crippen molar-refractivity contribution in [2.24, 2.45) is 5.92 Å². The van der Waals surface area contributed by atoms with Crippen LogP contribution in [-0.2, 0) is 22.7 Å². The molecule has 0 aliphatic carbocycles. The summed E-state index contributed by atoms with van der Waals surface area (Å²) in [5.74, 6) is -0.664. The van der Waals surface area contributed by atoms with E-state index in [1.54, 1.807) is 29.0 Å². The summed E-state index contributed by atoms with van der Waals surface area (Å²) in [6, 6.07) is 15.9. The molecule has 1 fully saturated rings. The van der Waals surface area contributed by atoms with Crippen LogP contribution in [0, 0.1) is 11.7 Å². The van der Waals surface area contributed by atoms with E-state index in [0.29, 0.717) is 19.6 Å². The van der Waals surface area contributed by atoms with Gasteiger partial charge in [0.05, 0.1) is 5.92 Å². The van der Waals surface area contributed by atoms with Gasteiger partial charge in [-0.25, -0.2) is 4.39 Å². The van der Waals surface area contributed by atoms with Crippen LogP contribution in [0.15, 0.2) is 54.6 Å². The summed E-state index contributed by atoms with van der Waals surface area (Å²) < 4.78 is 13.0. The molecule has 0 saturated carbocycles. The SMILES string of the molecule is CN(Cc1ccccc1)C(=O)C1CC(=O)N(Cc2ccc(F)cc2)C1. The molecular formula is C20H21FN2O2. The number of rotatable bonds is 5. The van der Waals surface area contributed by atoms with E-state index in [1.807, 2.05) is 30.3 Å². The first-order valence-electron chi connectivity index (χ1n) is 8.34. The van der Waals surface area contributed by atoms with Crippen molar-refractivity contribution in [3.05, 3.63) is 71.5 Å². The smallest absolute Gasteiger partial charge is 0.228 e. The summed E-state index contributed by atoms with van der Waals surface area (Å²) in [5.41, 5.74) is 1.92. The van der Waals surface area contributed by atoms with Gasteiger partial charge in [0.25, 0.3) is 0 Å². The summed E-state index contributed by atoms with van der Waals surface area (Å²) in [6.45, 7) is 1.35. The molecule has 1 heterocycles. The van der Waals surface area contributed by atoms with Crippen molar-refractivity contribution in [3.63, 3.8) is 0 Å². The average Bonchev–Trinajstić information content (AvgIpc) is 2.98. The maximum absolute atomic E-state index is 13.0. The number of carbonyl (C=O) groups is 2. The van der Waals surface area contributed by atoms with Gasteiger partial charge in [-0.3, -0.25) is 9.59 Å². The Morgan fingerprint density at radius 1 is 1.12 bits per heavy atom. The molecule has 3 rings (SSSR count). The van der Waals surface area contributed by atoms with Gasteiger partial charge in [-0.2, -0.15) is 0 Å². The van der Waals surface area contributed by atoms with Gasteiger partial charge >= 0.3 is 0 Å². The summed E-state index contributed by atoms with van der Waals surface area (Å²) in [6.07, 6.45) is 0.235. The minimum atomic E-state index is -0.318. The van der Waals surface area contributed by atoms with Crippen molar-refractivity contribution in [1.29, 1.82) is 0 Å². The Balaban J connectivity index is 1.59. The van der Waals surface area contributed by atoms with E-state index in [-0.39, 0.29) is 30.0 Å². The van der Waals surface area contributed by atoms with E-state index < -0.39 is 0 Å². The third-order valence-corrected chi connectivity index (χ3v) is 4.49. The van der Waals surface area contributed by atoms with Crippen molar-refractivity contribution in [3.8, 4) is 0 Å². The molecule has 1 unspecified atom stereocenters. The van der Waals surface area contributed by atoms with Gasteiger partial charge in [0.1, 0.15) is 5.82 Å². The second kappa shape index (κ2) is 7.47. The Hall–Kier alpha value is -2.69. The van der Waals surface area contributed by atoms with Gasteiger partial charge < -0.3 is 9.80 Å². The number of carbonyl (C=O) groups excluding carboxylic acids is 2. The van der Waals surface area contributed by atoms with E-state index >= 15 is 0 Å². The van der Waals surface area contributed by atoms with Gasteiger partial charge in [0.2, 0.25) is 11.8 Å². The van der Waals surface area contributed by atoms with Crippen LogP contribution in [0.4, 0.5) is 4.39 Å². The molecule has 0 aromatic heterocycles. The quantitative estimate of drug-likeness (QED) is 0.840. The Bertz CT molecular complexity index is 746. The molecule has 2 aromatic rings. The number of nitrogens with zero attached hydrogens (tertiary/aromatic N) is 2. The number of benzene rings is 2. The van der Waals surface area contributed by atoms with Gasteiger partial charge in [0, 0.05) is 33.1 Å². The Morgan fingerprint density at radius 3 is 2.48 bits per heavy atom. The largest absolute Gasteiger partial charge is 0.341 e. The Morgan fingerprint density at radius 2 is 1.80 bits per heavy atom. The first-order valence-corrected chi connectivity index (χ1v) is 8.34. The monoisotopic (exact) mass is 340 g/mol. The topological polar surface area (TPSA) is 40.6 Å². The van der Waals surface area contributed by atoms with Crippen molar-refractivity contribution < 1.29 is 14.0 Å². The lowest BCUT2D eigenvalue weighted by molar-refractivity contribution is -0.135. The molecule has 2 aromatic carbocycles. The molecular weight excluding hydrogens is 319 g/mol. The molecule has 130 valence electrons. The fraction of sp³-hybridized carbons (Fsp3) is 0.300. The highest BCUT2D eigenvalue weighted by Crippen LogP contribution is 2.22. The lowest BCUT2D eigenvalue weighted by Gasteiger charge is -2.21. The van der Waals surface area contributed by atoms with Crippen molar-refractivity contribution in [1.82, 2.24) is 9.80 Å². The van der Waals surface area contributed by atoms with E-state index in [0.717, 1.165) is 11.1 Å². The first-order chi connectivity index (χ1) is 12.0. The van der Waals surface area contributed by atoms with Crippen molar-refractivity contribution >= 4 is 11.8 Å². The molecule has 1 saturated heterocycles. The summed E-state index contributed by atoms with van der Waals surface area (Å²) in [5, 5.41) is 0. The number of hydrogen-bond acceptors (Lipinski definition) is 2. The Labute approximate surface area is 146 Å². The highest BCUT2D eigenvalue weighted by molar-refractivity contribution is 5.89. The molecule has 25 heavy (non-hydrogen) atoms. The standard InChI is InChI=1S/C20H21FN2O2/c1-22(12-15-5-3-2-4-6-15)20(25)17-11-19(24)23(14-17)13-16-7-9-18(21)10-8-16/h2-10,17H,11-14H2,1H3. The van der Waals surface area contributed by atoms with E-state index in [4.69, 9.17) is 0 Å². The molecule has 0 N–H and O–H groups in total. The third-order valence-electron chi connectivity index (χ3n) is 4.49. The zero-order valence-electron chi connectivity index (χ0n) is 14.2. The maximum atomic E-state index is 13.0. The molecule has 0 radical (unpaired) electrons. The van der Waals surface area contributed by atoms with E-state index in [1.165, 1.54) is 12.1 Å². The molecule has 0 spiro atoms. The average molecular weight is 340 g/mol. The predicted octanol–water partition coefficient (Wildman–Crippen LogP) is 2.83. The van der Waals surface area contributed by atoms with Crippen LogP contribution >= 0.6 is 0 Å². The number of likely N-dealkylation sites (tertiary alicyclic amines) is 1. The highest BCUT2D eigenvalue weighted by Gasteiger charge is 2.35. The normalized spacial score (nSPS) is 17.0.